The van der Waals surface area contributed by atoms with Crippen molar-refractivity contribution in [2.45, 2.75) is 19.4 Å². The first kappa shape index (κ1) is 13.8. The van der Waals surface area contributed by atoms with Crippen LogP contribution in [0.5, 0.6) is 0 Å². The highest BCUT2D eigenvalue weighted by atomic mass is 35.5. The van der Waals surface area contributed by atoms with Crippen LogP contribution in [0.1, 0.15) is 13.3 Å². The first-order valence-electron chi connectivity index (χ1n) is 5.02. The van der Waals surface area contributed by atoms with Crippen LogP contribution in [0.3, 0.4) is 0 Å². The Bertz CT molecular complexity index is 237. The average molecular weight is 275 g/mol. The zero-order valence-corrected chi connectivity index (χ0v) is 11.2. The van der Waals surface area contributed by atoms with E-state index in [0.717, 1.165) is 6.42 Å². The van der Waals surface area contributed by atoms with E-state index in [2.05, 4.69) is 5.09 Å². The minimum absolute atomic E-state index is 0.206. The van der Waals surface area contributed by atoms with Crippen LogP contribution in [-0.2, 0) is 9.09 Å². The number of hydrogen-bond acceptors (Lipinski definition) is 2. The van der Waals surface area contributed by atoms with Gasteiger partial charge >= 0.3 is 7.67 Å². The highest BCUT2D eigenvalue weighted by molar-refractivity contribution is 7.54. The van der Waals surface area contributed by atoms with Gasteiger partial charge in [0.1, 0.15) is 0 Å². The number of halogens is 2. The largest absolute Gasteiger partial charge is 0.343 e. The summed E-state index contributed by atoms with van der Waals surface area (Å²) in [5, 5.41) is 3.00. The summed E-state index contributed by atoms with van der Waals surface area (Å²) in [5.74, 6) is 0.834. The summed E-state index contributed by atoms with van der Waals surface area (Å²) in [6.45, 7) is 3.55. The van der Waals surface area contributed by atoms with Crippen molar-refractivity contribution in [1.82, 2.24) is 9.76 Å². The first-order valence-corrected chi connectivity index (χ1v) is 7.67. The Morgan fingerprint density at radius 1 is 1.47 bits per heavy atom. The van der Waals surface area contributed by atoms with Gasteiger partial charge in [-0.15, -0.1) is 23.2 Å². The topological polar surface area (TPSA) is 41.6 Å². The molecule has 1 unspecified atom stereocenters. The van der Waals surface area contributed by atoms with E-state index in [4.69, 9.17) is 27.7 Å². The Labute approximate surface area is 101 Å². The SMILES string of the molecule is C[C@@H]1CCOP(=O)(N(CCCl)CCCl)N1. The molecule has 1 heterocycles. The van der Waals surface area contributed by atoms with Gasteiger partial charge in [-0.25, -0.2) is 9.76 Å². The van der Waals surface area contributed by atoms with Crippen LogP contribution in [0.4, 0.5) is 0 Å². The lowest BCUT2D eigenvalue weighted by molar-refractivity contribution is 0.215. The molecule has 1 saturated heterocycles. The zero-order chi connectivity index (χ0) is 11.3. The number of nitrogens with one attached hydrogen (secondary N) is 1. The molecule has 1 aliphatic heterocycles. The fraction of sp³-hybridized carbons (Fsp3) is 1.00. The summed E-state index contributed by atoms with van der Waals surface area (Å²) in [5.41, 5.74) is 0. The van der Waals surface area contributed by atoms with Gasteiger partial charge in [-0.3, -0.25) is 4.57 Å². The fourth-order valence-corrected chi connectivity index (χ4v) is 4.28. The predicted octanol–water partition coefficient (Wildman–Crippen LogP) is 2.27. The Morgan fingerprint density at radius 3 is 2.53 bits per heavy atom. The van der Waals surface area contributed by atoms with Gasteiger partial charge in [-0.05, 0) is 13.3 Å². The lowest BCUT2D eigenvalue weighted by atomic mass is 10.3. The molecule has 0 radical (unpaired) electrons. The van der Waals surface area contributed by atoms with Crippen LogP contribution in [0, 0.1) is 0 Å². The van der Waals surface area contributed by atoms with Gasteiger partial charge in [-0.2, -0.15) is 0 Å². The van der Waals surface area contributed by atoms with E-state index in [9.17, 15) is 4.57 Å². The smallest absolute Gasteiger partial charge is 0.306 e. The van der Waals surface area contributed by atoms with Crippen LogP contribution in [0.2, 0.25) is 0 Å². The van der Waals surface area contributed by atoms with Crippen molar-refractivity contribution in [2.75, 3.05) is 31.5 Å². The Morgan fingerprint density at radius 2 is 2.07 bits per heavy atom. The van der Waals surface area contributed by atoms with Crippen molar-refractivity contribution in [3.05, 3.63) is 0 Å². The molecule has 0 aliphatic carbocycles. The number of alkyl halides is 2. The summed E-state index contributed by atoms with van der Waals surface area (Å²) in [6.07, 6.45) is 0.875. The van der Waals surface area contributed by atoms with E-state index in [0.29, 0.717) is 31.5 Å². The maximum absolute atomic E-state index is 12.4. The van der Waals surface area contributed by atoms with Gasteiger partial charge in [0, 0.05) is 30.9 Å². The molecule has 0 bridgehead atoms. The normalized spacial score (nSPS) is 32.1. The summed E-state index contributed by atoms with van der Waals surface area (Å²) in [7, 11) is -2.90. The molecule has 0 amide bonds. The van der Waals surface area contributed by atoms with Crippen molar-refractivity contribution in [3.63, 3.8) is 0 Å². The molecular weight excluding hydrogens is 258 g/mol. The molecule has 0 spiro atoms. The minimum Gasteiger partial charge on any atom is -0.306 e. The lowest BCUT2D eigenvalue weighted by Gasteiger charge is -2.35. The van der Waals surface area contributed by atoms with Crippen molar-refractivity contribution >= 4 is 30.9 Å². The van der Waals surface area contributed by atoms with E-state index >= 15 is 0 Å². The Kier molecular flexibility index (Phi) is 5.90. The van der Waals surface area contributed by atoms with Gasteiger partial charge in [0.25, 0.3) is 0 Å². The van der Waals surface area contributed by atoms with E-state index in [-0.39, 0.29) is 6.04 Å². The molecule has 4 nitrogen and oxygen atoms in total. The molecule has 90 valence electrons. The van der Waals surface area contributed by atoms with Crippen molar-refractivity contribution in [2.24, 2.45) is 0 Å². The molecule has 1 fully saturated rings. The molecule has 0 aromatic carbocycles. The molecule has 0 aromatic heterocycles. The standard InChI is InChI=1S/C8H17Cl2N2O2P/c1-8-2-7-14-15(13,11-8)12(5-3-9)6-4-10/h8H,2-7H2,1H3,(H,11,13)/t8-,15?/m1/s1. The van der Waals surface area contributed by atoms with Crippen LogP contribution < -0.4 is 5.09 Å². The van der Waals surface area contributed by atoms with E-state index in [1.165, 1.54) is 0 Å². The second-order valence-corrected chi connectivity index (χ2v) is 6.38. The van der Waals surface area contributed by atoms with Gasteiger partial charge < -0.3 is 4.52 Å². The highest BCUT2D eigenvalue weighted by Crippen LogP contribution is 2.49. The van der Waals surface area contributed by atoms with Crippen molar-refractivity contribution in [3.8, 4) is 0 Å². The second-order valence-electron chi connectivity index (χ2n) is 3.50. The fourth-order valence-electron chi connectivity index (χ4n) is 1.47. The third kappa shape index (κ3) is 3.88. The van der Waals surface area contributed by atoms with Gasteiger partial charge in [-0.1, -0.05) is 0 Å². The molecule has 0 aromatic rings. The summed E-state index contributed by atoms with van der Waals surface area (Å²) in [6, 6.07) is 0.206. The highest BCUT2D eigenvalue weighted by Gasteiger charge is 2.35. The maximum atomic E-state index is 12.4. The monoisotopic (exact) mass is 274 g/mol. The van der Waals surface area contributed by atoms with Crippen LogP contribution in [0.15, 0.2) is 0 Å². The number of rotatable bonds is 5. The summed E-state index contributed by atoms with van der Waals surface area (Å²) >= 11 is 11.3. The Balaban J connectivity index is 2.66. The molecule has 0 saturated carbocycles. The van der Waals surface area contributed by atoms with Gasteiger partial charge in [0.05, 0.1) is 6.61 Å². The van der Waals surface area contributed by atoms with E-state index in [1.54, 1.807) is 4.67 Å². The van der Waals surface area contributed by atoms with E-state index < -0.39 is 7.67 Å². The maximum Gasteiger partial charge on any atom is 0.343 e. The molecule has 7 heteroatoms. The van der Waals surface area contributed by atoms with Crippen LogP contribution in [-0.4, -0.2) is 42.2 Å². The second kappa shape index (κ2) is 6.43. The molecule has 15 heavy (non-hydrogen) atoms. The van der Waals surface area contributed by atoms with E-state index in [1.807, 2.05) is 6.92 Å². The quantitative estimate of drug-likeness (QED) is 0.617. The molecule has 1 aliphatic rings. The van der Waals surface area contributed by atoms with Crippen molar-refractivity contribution < 1.29 is 9.09 Å². The number of hydrogen-bond donors (Lipinski definition) is 1. The molecular formula is C8H17Cl2N2O2P. The lowest BCUT2D eigenvalue weighted by Crippen LogP contribution is -2.40. The summed E-state index contributed by atoms with van der Waals surface area (Å²) < 4.78 is 19.5. The van der Waals surface area contributed by atoms with Crippen LogP contribution >= 0.6 is 30.9 Å². The number of nitrogens with zero attached hydrogens (tertiary/aromatic N) is 1. The predicted molar refractivity (Wildman–Crippen MR) is 63.8 cm³/mol. The summed E-state index contributed by atoms with van der Waals surface area (Å²) in [4.78, 5) is 0. The minimum atomic E-state index is -2.90. The van der Waals surface area contributed by atoms with Crippen LogP contribution in [0.25, 0.3) is 0 Å². The first-order chi connectivity index (χ1) is 7.12. The third-order valence-corrected chi connectivity index (χ3v) is 5.04. The third-order valence-electron chi connectivity index (χ3n) is 2.26. The molecule has 1 N–H and O–H groups in total. The molecule has 1 rings (SSSR count). The Hall–Kier alpha value is 0.690. The zero-order valence-electron chi connectivity index (χ0n) is 8.79. The molecule has 2 atom stereocenters. The average Bonchev–Trinajstić information content (AvgIpc) is 2.17. The van der Waals surface area contributed by atoms with Gasteiger partial charge in [0.15, 0.2) is 0 Å². The van der Waals surface area contributed by atoms with Crippen molar-refractivity contribution in [1.29, 1.82) is 0 Å². The van der Waals surface area contributed by atoms with Gasteiger partial charge in [0.2, 0.25) is 0 Å².